The average Bonchev–Trinajstić information content (AvgIpc) is 2.27. The first kappa shape index (κ1) is 10.8. The quantitative estimate of drug-likeness (QED) is 0.802. The molecule has 0 spiro atoms. The van der Waals surface area contributed by atoms with Crippen LogP contribution >= 0.6 is 11.6 Å². The maximum atomic E-state index is 5.85. The van der Waals surface area contributed by atoms with E-state index in [-0.39, 0.29) is 0 Å². The molecule has 1 aromatic heterocycles. The van der Waals surface area contributed by atoms with Crippen molar-refractivity contribution in [2.75, 3.05) is 17.6 Å². The minimum atomic E-state index is 0.523. The van der Waals surface area contributed by atoms with E-state index >= 15 is 0 Å². The summed E-state index contributed by atoms with van der Waals surface area (Å²) >= 11 is 5.71. The van der Waals surface area contributed by atoms with Crippen molar-refractivity contribution in [3.05, 3.63) is 42.1 Å². The van der Waals surface area contributed by atoms with Crippen molar-refractivity contribution in [2.45, 2.75) is 0 Å². The summed E-state index contributed by atoms with van der Waals surface area (Å²) < 4.78 is 0. The molecule has 16 heavy (non-hydrogen) atoms. The number of anilines is 2. The van der Waals surface area contributed by atoms with Crippen LogP contribution in [-0.2, 0) is 0 Å². The Bertz CT molecular complexity index is 537. The lowest BCUT2D eigenvalue weighted by Crippen LogP contribution is -2.02. The summed E-state index contributed by atoms with van der Waals surface area (Å²) in [5.74, 6) is 0. The highest BCUT2D eigenvalue weighted by Gasteiger charge is 2.03. The monoisotopic (exact) mass is 233 g/mol. The number of halogens is 1. The lowest BCUT2D eigenvalue weighted by molar-refractivity contribution is 1.31. The van der Waals surface area contributed by atoms with Gasteiger partial charge < -0.3 is 11.1 Å². The van der Waals surface area contributed by atoms with Crippen molar-refractivity contribution in [1.82, 2.24) is 4.98 Å². The van der Waals surface area contributed by atoms with Gasteiger partial charge >= 0.3 is 0 Å². The van der Waals surface area contributed by atoms with Crippen LogP contribution in [0.25, 0.3) is 10.9 Å². The lowest BCUT2D eigenvalue weighted by Gasteiger charge is -2.09. The number of hydrogen-bond acceptors (Lipinski definition) is 3. The Morgan fingerprint density at radius 3 is 3.00 bits per heavy atom. The number of nitrogen functional groups attached to an aromatic ring is 1. The molecule has 2 rings (SSSR count). The molecule has 0 aliphatic carbocycles. The van der Waals surface area contributed by atoms with Crippen molar-refractivity contribution in [1.29, 1.82) is 0 Å². The largest absolute Gasteiger partial charge is 0.397 e. The Morgan fingerprint density at radius 2 is 2.25 bits per heavy atom. The van der Waals surface area contributed by atoms with Crippen molar-refractivity contribution in [3.63, 3.8) is 0 Å². The number of fused-ring (bicyclic) bond motifs is 1. The molecule has 4 heteroatoms. The number of hydrogen-bond donors (Lipinski definition) is 2. The minimum Gasteiger partial charge on any atom is -0.397 e. The van der Waals surface area contributed by atoms with E-state index in [1.54, 1.807) is 6.20 Å². The number of rotatable bonds is 3. The Balaban J connectivity index is 2.45. The van der Waals surface area contributed by atoms with Crippen molar-refractivity contribution in [3.8, 4) is 0 Å². The van der Waals surface area contributed by atoms with Gasteiger partial charge in [0.05, 0.1) is 17.7 Å². The number of pyridine rings is 1. The Hall–Kier alpha value is -1.74. The topological polar surface area (TPSA) is 50.9 Å². The third kappa shape index (κ3) is 2.09. The molecule has 0 fully saturated rings. The van der Waals surface area contributed by atoms with Crippen LogP contribution in [0, 0.1) is 0 Å². The molecule has 1 aromatic carbocycles. The van der Waals surface area contributed by atoms with Gasteiger partial charge in [0.15, 0.2) is 0 Å². The van der Waals surface area contributed by atoms with Crippen LogP contribution < -0.4 is 11.1 Å². The van der Waals surface area contributed by atoms with E-state index in [9.17, 15) is 0 Å². The third-order valence-electron chi connectivity index (χ3n) is 2.27. The highest BCUT2D eigenvalue weighted by molar-refractivity contribution is 6.29. The number of nitrogens with zero attached hydrogens (tertiary/aromatic N) is 1. The molecule has 3 nitrogen and oxygen atoms in total. The average molecular weight is 234 g/mol. The number of aromatic nitrogens is 1. The Kier molecular flexibility index (Phi) is 2.97. The zero-order valence-electron chi connectivity index (χ0n) is 8.70. The van der Waals surface area contributed by atoms with Gasteiger partial charge in [-0.05, 0) is 12.1 Å². The highest BCUT2D eigenvalue weighted by Crippen LogP contribution is 2.25. The standard InChI is InChI=1S/C12H12ClN3/c1-8(13)7-16-11-5-6-15-12-9(11)3-2-4-10(12)14/h2-6H,1,7,14H2,(H,15,16). The second-order valence-electron chi connectivity index (χ2n) is 3.47. The van der Waals surface area contributed by atoms with Gasteiger partial charge in [-0.25, -0.2) is 0 Å². The van der Waals surface area contributed by atoms with Crippen molar-refractivity contribution >= 4 is 33.9 Å². The van der Waals surface area contributed by atoms with E-state index in [0.717, 1.165) is 16.6 Å². The third-order valence-corrected chi connectivity index (χ3v) is 2.41. The zero-order valence-corrected chi connectivity index (χ0v) is 9.46. The van der Waals surface area contributed by atoms with Gasteiger partial charge in [-0.2, -0.15) is 0 Å². The molecule has 0 saturated carbocycles. The van der Waals surface area contributed by atoms with Crippen LogP contribution in [0.4, 0.5) is 11.4 Å². The first-order valence-corrected chi connectivity index (χ1v) is 5.26. The van der Waals surface area contributed by atoms with Crippen LogP contribution in [-0.4, -0.2) is 11.5 Å². The molecule has 1 heterocycles. The second-order valence-corrected chi connectivity index (χ2v) is 4.01. The first-order valence-electron chi connectivity index (χ1n) is 4.89. The summed E-state index contributed by atoms with van der Waals surface area (Å²) in [5.41, 5.74) is 8.28. The van der Waals surface area contributed by atoms with E-state index in [4.69, 9.17) is 17.3 Å². The summed E-state index contributed by atoms with van der Waals surface area (Å²) in [6, 6.07) is 7.60. The Morgan fingerprint density at radius 1 is 1.44 bits per heavy atom. The first-order chi connectivity index (χ1) is 7.68. The van der Waals surface area contributed by atoms with E-state index in [2.05, 4.69) is 16.9 Å². The van der Waals surface area contributed by atoms with E-state index in [1.807, 2.05) is 24.3 Å². The molecule has 0 unspecified atom stereocenters. The highest BCUT2D eigenvalue weighted by atomic mass is 35.5. The van der Waals surface area contributed by atoms with E-state index in [1.165, 1.54) is 0 Å². The molecule has 2 aromatic rings. The summed E-state index contributed by atoms with van der Waals surface area (Å²) in [7, 11) is 0. The van der Waals surface area contributed by atoms with E-state index < -0.39 is 0 Å². The predicted octanol–water partition coefficient (Wildman–Crippen LogP) is 2.98. The number of benzene rings is 1. The van der Waals surface area contributed by atoms with Gasteiger partial charge in [0.2, 0.25) is 0 Å². The van der Waals surface area contributed by atoms with Crippen LogP contribution in [0.1, 0.15) is 0 Å². The second kappa shape index (κ2) is 4.41. The van der Waals surface area contributed by atoms with Crippen LogP contribution in [0.5, 0.6) is 0 Å². The number of nitrogens with two attached hydrogens (primary N) is 1. The zero-order chi connectivity index (χ0) is 11.5. The maximum absolute atomic E-state index is 5.85. The fourth-order valence-electron chi connectivity index (χ4n) is 1.54. The molecular weight excluding hydrogens is 222 g/mol. The lowest BCUT2D eigenvalue weighted by atomic mass is 10.1. The molecule has 0 aliphatic rings. The fourth-order valence-corrected chi connectivity index (χ4v) is 1.61. The van der Waals surface area contributed by atoms with Crippen LogP contribution in [0.2, 0.25) is 0 Å². The summed E-state index contributed by atoms with van der Waals surface area (Å²) in [6.07, 6.45) is 1.72. The summed E-state index contributed by atoms with van der Waals surface area (Å²) in [5, 5.41) is 4.74. The SMILES string of the molecule is C=C(Cl)CNc1ccnc2c(N)cccc12. The molecule has 0 amide bonds. The van der Waals surface area contributed by atoms with Crippen molar-refractivity contribution < 1.29 is 0 Å². The van der Waals surface area contributed by atoms with Crippen LogP contribution in [0.15, 0.2) is 42.1 Å². The van der Waals surface area contributed by atoms with Gasteiger partial charge in [0.25, 0.3) is 0 Å². The maximum Gasteiger partial charge on any atom is 0.0951 e. The molecule has 0 aliphatic heterocycles. The molecule has 3 N–H and O–H groups in total. The summed E-state index contributed by atoms with van der Waals surface area (Å²) in [6.45, 7) is 4.15. The van der Waals surface area contributed by atoms with Gasteiger partial charge in [0, 0.05) is 22.3 Å². The van der Waals surface area contributed by atoms with Gasteiger partial charge in [0.1, 0.15) is 0 Å². The van der Waals surface area contributed by atoms with Gasteiger partial charge in [-0.1, -0.05) is 30.3 Å². The van der Waals surface area contributed by atoms with Crippen molar-refractivity contribution in [2.24, 2.45) is 0 Å². The molecular formula is C12H12ClN3. The fraction of sp³-hybridized carbons (Fsp3) is 0.0833. The molecule has 0 bridgehead atoms. The van der Waals surface area contributed by atoms with Crippen LogP contribution in [0.3, 0.4) is 0 Å². The molecule has 0 atom stereocenters. The summed E-state index contributed by atoms with van der Waals surface area (Å²) in [4.78, 5) is 4.25. The molecule has 0 radical (unpaired) electrons. The normalized spacial score (nSPS) is 10.3. The number of nitrogens with one attached hydrogen (secondary N) is 1. The molecule has 0 saturated heterocycles. The van der Waals surface area contributed by atoms with Gasteiger partial charge in [-0.15, -0.1) is 0 Å². The number of para-hydroxylation sites is 1. The Labute approximate surface area is 98.9 Å². The molecule has 82 valence electrons. The van der Waals surface area contributed by atoms with E-state index in [0.29, 0.717) is 17.3 Å². The van der Waals surface area contributed by atoms with Gasteiger partial charge in [-0.3, -0.25) is 4.98 Å². The smallest absolute Gasteiger partial charge is 0.0951 e. The predicted molar refractivity (Wildman–Crippen MR) is 69.6 cm³/mol. The minimum absolute atomic E-state index is 0.523.